The fraction of sp³-hybridized carbons (Fsp3) is 0.280. The first kappa shape index (κ1) is 19.3. The highest BCUT2D eigenvalue weighted by Crippen LogP contribution is 2.37. The van der Waals surface area contributed by atoms with Gasteiger partial charge in [-0.3, -0.25) is 5.32 Å². The van der Waals surface area contributed by atoms with E-state index in [-0.39, 0.29) is 6.17 Å². The molecule has 0 aliphatic heterocycles. The van der Waals surface area contributed by atoms with Crippen molar-refractivity contribution in [3.63, 3.8) is 0 Å². The Kier molecular flexibility index (Phi) is 6.80. The number of hydrogen-bond donors (Lipinski definition) is 2. The number of hydrogen-bond acceptors (Lipinski definition) is 2. The summed E-state index contributed by atoms with van der Waals surface area (Å²) in [6.45, 7) is 2.22. The fourth-order valence-electron chi connectivity index (χ4n) is 3.78. The minimum atomic E-state index is -0.477. The van der Waals surface area contributed by atoms with E-state index in [1.165, 1.54) is 29.5 Å². The van der Waals surface area contributed by atoms with Crippen LogP contribution in [0.25, 0.3) is 0 Å². The Morgan fingerprint density at radius 1 is 0.704 bits per heavy atom. The van der Waals surface area contributed by atoms with Crippen LogP contribution in [0.15, 0.2) is 91.0 Å². The van der Waals surface area contributed by atoms with Crippen molar-refractivity contribution in [1.82, 2.24) is 5.32 Å². The van der Waals surface area contributed by atoms with Crippen molar-refractivity contribution in [2.45, 2.75) is 44.3 Å². The third-order valence-electron chi connectivity index (χ3n) is 5.14. The molecule has 0 radical (unpaired) electrons. The lowest BCUT2D eigenvalue weighted by atomic mass is 9.76. The van der Waals surface area contributed by atoms with Crippen molar-refractivity contribution in [3.8, 4) is 0 Å². The molecule has 0 fully saturated rings. The van der Waals surface area contributed by atoms with Crippen molar-refractivity contribution in [2.75, 3.05) is 0 Å². The number of unbranched alkanes of at least 4 members (excludes halogenated alkanes) is 2. The van der Waals surface area contributed by atoms with Gasteiger partial charge in [0.05, 0.1) is 11.7 Å². The second kappa shape index (κ2) is 9.50. The van der Waals surface area contributed by atoms with Crippen molar-refractivity contribution in [1.29, 1.82) is 0 Å². The van der Waals surface area contributed by atoms with Crippen molar-refractivity contribution in [2.24, 2.45) is 5.73 Å². The van der Waals surface area contributed by atoms with Gasteiger partial charge < -0.3 is 5.73 Å². The molecule has 3 N–H and O–H groups in total. The summed E-state index contributed by atoms with van der Waals surface area (Å²) in [7, 11) is 0. The van der Waals surface area contributed by atoms with E-state index in [0.29, 0.717) is 0 Å². The normalized spacial score (nSPS) is 12.7. The SMILES string of the molecule is CCCCCC(N)NC(c1ccccc1)(c1ccccc1)c1ccccc1. The van der Waals surface area contributed by atoms with Crippen LogP contribution in [0.2, 0.25) is 0 Å². The Hall–Kier alpha value is -2.42. The Morgan fingerprint density at radius 3 is 1.48 bits per heavy atom. The highest BCUT2D eigenvalue weighted by molar-refractivity contribution is 5.49. The standard InChI is InChI=1S/C25H30N2/c1-2-3-7-20-24(26)27-25(21-14-8-4-9-15-21,22-16-10-5-11-17-22)23-18-12-6-13-19-23/h4-6,8-19,24,27H,2-3,7,20,26H2,1H3. The van der Waals surface area contributed by atoms with Gasteiger partial charge in [0.2, 0.25) is 0 Å². The van der Waals surface area contributed by atoms with E-state index >= 15 is 0 Å². The molecule has 140 valence electrons. The topological polar surface area (TPSA) is 38.0 Å². The molecule has 3 rings (SSSR count). The molecule has 2 nitrogen and oxygen atoms in total. The summed E-state index contributed by atoms with van der Waals surface area (Å²) in [6, 6.07) is 31.9. The molecule has 0 spiro atoms. The van der Waals surface area contributed by atoms with Crippen LogP contribution in [-0.4, -0.2) is 6.17 Å². The third kappa shape index (κ3) is 4.47. The monoisotopic (exact) mass is 358 g/mol. The van der Waals surface area contributed by atoms with Crippen LogP contribution >= 0.6 is 0 Å². The zero-order valence-corrected chi connectivity index (χ0v) is 16.1. The largest absolute Gasteiger partial charge is 0.316 e. The number of rotatable bonds is 9. The molecule has 0 aliphatic rings. The predicted molar refractivity (Wildman–Crippen MR) is 114 cm³/mol. The summed E-state index contributed by atoms with van der Waals surface area (Å²) in [5.41, 5.74) is 9.73. The minimum absolute atomic E-state index is 0.0860. The molecular formula is C25H30N2. The first-order valence-electron chi connectivity index (χ1n) is 9.97. The highest BCUT2D eigenvalue weighted by atomic mass is 15.1. The van der Waals surface area contributed by atoms with Gasteiger partial charge in [0.1, 0.15) is 0 Å². The molecule has 0 amide bonds. The summed E-state index contributed by atoms with van der Waals surface area (Å²) in [6.07, 6.45) is 4.43. The summed E-state index contributed by atoms with van der Waals surface area (Å²) in [5, 5.41) is 3.82. The van der Waals surface area contributed by atoms with Gasteiger partial charge in [0, 0.05) is 0 Å². The molecule has 3 aromatic carbocycles. The Labute approximate surface area is 163 Å². The highest BCUT2D eigenvalue weighted by Gasteiger charge is 2.37. The molecule has 2 heteroatoms. The lowest BCUT2D eigenvalue weighted by molar-refractivity contribution is 0.371. The van der Waals surface area contributed by atoms with E-state index in [1.54, 1.807) is 0 Å². The third-order valence-corrected chi connectivity index (χ3v) is 5.14. The smallest absolute Gasteiger partial charge is 0.0959 e. The molecule has 3 aromatic rings. The molecule has 0 heterocycles. The molecule has 0 bridgehead atoms. The maximum absolute atomic E-state index is 6.60. The second-order valence-electron chi connectivity index (χ2n) is 7.09. The zero-order valence-electron chi connectivity index (χ0n) is 16.1. The summed E-state index contributed by atoms with van der Waals surface area (Å²) in [5.74, 6) is 0. The van der Waals surface area contributed by atoms with Gasteiger partial charge in [-0.1, -0.05) is 117 Å². The quantitative estimate of drug-likeness (QED) is 0.304. The Morgan fingerprint density at radius 2 is 1.11 bits per heavy atom. The van der Waals surface area contributed by atoms with Gasteiger partial charge in [-0.2, -0.15) is 0 Å². The molecule has 0 saturated heterocycles. The molecule has 0 saturated carbocycles. The lowest BCUT2D eigenvalue weighted by Gasteiger charge is -2.39. The summed E-state index contributed by atoms with van der Waals surface area (Å²) in [4.78, 5) is 0. The lowest BCUT2D eigenvalue weighted by Crippen LogP contribution is -2.53. The maximum atomic E-state index is 6.60. The van der Waals surface area contributed by atoms with Crippen LogP contribution in [0.4, 0.5) is 0 Å². The fourth-order valence-corrected chi connectivity index (χ4v) is 3.78. The van der Waals surface area contributed by atoms with E-state index in [9.17, 15) is 0 Å². The second-order valence-corrected chi connectivity index (χ2v) is 7.09. The van der Waals surface area contributed by atoms with Crippen molar-refractivity contribution < 1.29 is 0 Å². The van der Waals surface area contributed by atoms with E-state index in [0.717, 1.165) is 12.8 Å². The van der Waals surface area contributed by atoms with E-state index < -0.39 is 5.54 Å². The molecule has 27 heavy (non-hydrogen) atoms. The summed E-state index contributed by atoms with van der Waals surface area (Å²) < 4.78 is 0. The van der Waals surface area contributed by atoms with E-state index in [2.05, 4.69) is 103 Å². The van der Waals surface area contributed by atoms with E-state index in [4.69, 9.17) is 5.73 Å². The molecular weight excluding hydrogens is 328 g/mol. The summed E-state index contributed by atoms with van der Waals surface area (Å²) >= 11 is 0. The minimum Gasteiger partial charge on any atom is -0.316 e. The molecule has 0 aromatic heterocycles. The van der Waals surface area contributed by atoms with Crippen molar-refractivity contribution >= 4 is 0 Å². The van der Waals surface area contributed by atoms with Gasteiger partial charge in [-0.25, -0.2) is 0 Å². The van der Waals surface area contributed by atoms with Crippen LogP contribution in [0, 0.1) is 0 Å². The van der Waals surface area contributed by atoms with Crippen LogP contribution < -0.4 is 11.1 Å². The average Bonchev–Trinajstić information content (AvgIpc) is 2.74. The van der Waals surface area contributed by atoms with Crippen molar-refractivity contribution in [3.05, 3.63) is 108 Å². The van der Waals surface area contributed by atoms with Gasteiger partial charge in [0.25, 0.3) is 0 Å². The Bertz CT molecular complexity index is 688. The number of nitrogens with one attached hydrogen (secondary N) is 1. The van der Waals surface area contributed by atoms with Gasteiger partial charge in [-0.15, -0.1) is 0 Å². The maximum Gasteiger partial charge on any atom is 0.0959 e. The first-order valence-corrected chi connectivity index (χ1v) is 9.97. The first-order chi connectivity index (χ1) is 13.3. The zero-order chi connectivity index (χ0) is 19.0. The molecule has 0 aliphatic carbocycles. The molecule has 1 unspecified atom stereocenters. The van der Waals surface area contributed by atoms with Crippen LogP contribution in [0.5, 0.6) is 0 Å². The van der Waals surface area contributed by atoms with Crippen LogP contribution in [0.1, 0.15) is 49.3 Å². The van der Waals surface area contributed by atoms with Gasteiger partial charge >= 0.3 is 0 Å². The van der Waals surface area contributed by atoms with Crippen LogP contribution in [-0.2, 0) is 5.54 Å². The number of nitrogens with two attached hydrogens (primary N) is 1. The van der Waals surface area contributed by atoms with Gasteiger partial charge in [0.15, 0.2) is 0 Å². The Balaban J connectivity index is 2.11. The average molecular weight is 359 g/mol. The predicted octanol–water partition coefficient (Wildman–Crippen LogP) is 5.43. The van der Waals surface area contributed by atoms with Gasteiger partial charge in [-0.05, 0) is 23.1 Å². The number of benzene rings is 3. The molecule has 1 atom stereocenters. The van der Waals surface area contributed by atoms with Crippen LogP contribution in [0.3, 0.4) is 0 Å². The van der Waals surface area contributed by atoms with E-state index in [1.807, 2.05) is 0 Å².